The summed E-state index contributed by atoms with van der Waals surface area (Å²) in [5, 5.41) is 6.02. The Morgan fingerprint density at radius 3 is 2.23 bits per heavy atom. The maximum Gasteiger partial charge on any atom is 0.254 e. The Morgan fingerprint density at radius 1 is 0.923 bits per heavy atom. The number of rotatable bonds is 6. The third kappa shape index (κ3) is 4.16. The van der Waals surface area contributed by atoms with E-state index in [2.05, 4.69) is 20.6 Å². The lowest BCUT2D eigenvalue weighted by atomic mass is 10.3. The van der Waals surface area contributed by atoms with E-state index in [1.165, 1.54) is 12.4 Å². The highest BCUT2D eigenvalue weighted by molar-refractivity contribution is 5.94. The number of benzene rings is 2. The van der Waals surface area contributed by atoms with Crippen molar-refractivity contribution in [3.8, 4) is 11.5 Å². The molecule has 2 N–H and O–H groups in total. The molecule has 2 aromatic carbocycles. The summed E-state index contributed by atoms with van der Waals surface area (Å²) in [6.07, 6.45) is 5.16. The molecule has 0 spiro atoms. The molecule has 6 nitrogen and oxygen atoms in total. The van der Waals surface area contributed by atoms with Crippen LogP contribution in [0.25, 0.3) is 0 Å². The molecule has 0 unspecified atom stereocenters. The van der Waals surface area contributed by atoms with E-state index in [0.717, 1.165) is 30.0 Å². The third-order valence-corrected chi connectivity index (χ3v) is 3.92. The molecule has 1 saturated carbocycles. The van der Waals surface area contributed by atoms with Gasteiger partial charge in [0.05, 0.1) is 5.56 Å². The van der Waals surface area contributed by atoms with Crippen molar-refractivity contribution in [2.24, 2.45) is 0 Å². The Hall–Kier alpha value is -3.41. The number of hydrogen-bond acceptors (Lipinski definition) is 5. The number of ether oxygens (including phenoxy) is 1. The van der Waals surface area contributed by atoms with Crippen LogP contribution in [-0.4, -0.2) is 21.9 Å². The van der Waals surface area contributed by atoms with E-state index in [1.807, 2.05) is 54.6 Å². The molecule has 0 atom stereocenters. The van der Waals surface area contributed by atoms with E-state index < -0.39 is 0 Å². The molecule has 1 aliphatic rings. The van der Waals surface area contributed by atoms with Gasteiger partial charge in [0.15, 0.2) is 0 Å². The van der Waals surface area contributed by atoms with E-state index in [9.17, 15) is 4.79 Å². The average Bonchev–Trinajstić information content (AvgIpc) is 3.49. The van der Waals surface area contributed by atoms with E-state index >= 15 is 0 Å². The number of amides is 1. The van der Waals surface area contributed by atoms with Gasteiger partial charge in [-0.2, -0.15) is 0 Å². The van der Waals surface area contributed by atoms with Crippen LogP contribution >= 0.6 is 0 Å². The van der Waals surface area contributed by atoms with Gasteiger partial charge in [0, 0.05) is 24.1 Å². The smallest absolute Gasteiger partial charge is 0.254 e. The maximum absolute atomic E-state index is 11.9. The van der Waals surface area contributed by atoms with Gasteiger partial charge in [-0.1, -0.05) is 18.2 Å². The summed E-state index contributed by atoms with van der Waals surface area (Å²) < 4.78 is 5.76. The van der Waals surface area contributed by atoms with Gasteiger partial charge in [-0.15, -0.1) is 0 Å². The standard InChI is InChI=1S/C20H18N4O2/c25-19(23-15-6-7-15)14-12-21-20(22-13-14)24-16-8-10-18(11-9-16)26-17-4-2-1-3-5-17/h1-5,8-13,15H,6-7H2,(H,23,25)(H,21,22,24). The fourth-order valence-electron chi connectivity index (χ4n) is 2.37. The van der Waals surface area contributed by atoms with Crippen LogP contribution in [0.4, 0.5) is 11.6 Å². The molecule has 1 amide bonds. The average molecular weight is 346 g/mol. The quantitative estimate of drug-likeness (QED) is 0.708. The number of carbonyl (C=O) groups is 1. The first-order valence-electron chi connectivity index (χ1n) is 8.49. The molecule has 0 aliphatic heterocycles. The van der Waals surface area contributed by atoms with Gasteiger partial charge in [0.25, 0.3) is 5.91 Å². The molecule has 1 heterocycles. The summed E-state index contributed by atoms with van der Waals surface area (Å²) in [4.78, 5) is 20.3. The molecular weight excluding hydrogens is 328 g/mol. The van der Waals surface area contributed by atoms with Gasteiger partial charge in [0.2, 0.25) is 5.95 Å². The minimum atomic E-state index is -0.124. The molecule has 1 aliphatic carbocycles. The van der Waals surface area contributed by atoms with Crippen LogP contribution in [0.5, 0.6) is 11.5 Å². The van der Waals surface area contributed by atoms with Gasteiger partial charge in [-0.3, -0.25) is 4.79 Å². The summed E-state index contributed by atoms with van der Waals surface area (Å²) in [5.74, 6) is 1.84. The lowest BCUT2D eigenvalue weighted by molar-refractivity contribution is 0.0950. The van der Waals surface area contributed by atoms with Crippen LogP contribution in [0, 0.1) is 0 Å². The molecule has 1 aromatic heterocycles. The Bertz CT molecular complexity index is 876. The van der Waals surface area contributed by atoms with Gasteiger partial charge < -0.3 is 15.4 Å². The Labute approximate surface area is 151 Å². The molecule has 26 heavy (non-hydrogen) atoms. The number of hydrogen-bond donors (Lipinski definition) is 2. The molecule has 4 rings (SSSR count). The molecule has 1 fully saturated rings. The van der Waals surface area contributed by atoms with Gasteiger partial charge in [-0.25, -0.2) is 9.97 Å². The predicted molar refractivity (Wildman–Crippen MR) is 98.8 cm³/mol. The molecule has 130 valence electrons. The van der Waals surface area contributed by atoms with E-state index in [-0.39, 0.29) is 5.91 Å². The molecule has 0 radical (unpaired) electrons. The zero-order valence-corrected chi connectivity index (χ0v) is 14.1. The Balaban J connectivity index is 1.36. The first kappa shape index (κ1) is 16.1. The molecular formula is C20H18N4O2. The number of aromatic nitrogens is 2. The highest BCUT2D eigenvalue weighted by Crippen LogP contribution is 2.23. The highest BCUT2D eigenvalue weighted by atomic mass is 16.5. The second-order valence-electron chi connectivity index (χ2n) is 6.11. The lowest BCUT2D eigenvalue weighted by Crippen LogP contribution is -2.25. The van der Waals surface area contributed by atoms with Crippen molar-refractivity contribution in [1.29, 1.82) is 0 Å². The van der Waals surface area contributed by atoms with Crippen LogP contribution in [0.2, 0.25) is 0 Å². The largest absolute Gasteiger partial charge is 0.457 e. The summed E-state index contributed by atoms with van der Waals surface area (Å²) in [6, 6.07) is 17.4. The first-order valence-corrected chi connectivity index (χ1v) is 8.49. The maximum atomic E-state index is 11.9. The van der Waals surface area contributed by atoms with Crippen molar-refractivity contribution in [2.75, 3.05) is 5.32 Å². The Morgan fingerprint density at radius 2 is 1.58 bits per heavy atom. The lowest BCUT2D eigenvalue weighted by Gasteiger charge is -2.08. The van der Waals surface area contributed by atoms with E-state index in [1.54, 1.807) is 0 Å². The normalized spacial score (nSPS) is 13.1. The summed E-state index contributed by atoms with van der Waals surface area (Å²) >= 11 is 0. The fourth-order valence-corrected chi connectivity index (χ4v) is 2.37. The molecule has 6 heteroatoms. The van der Waals surface area contributed by atoms with Crippen molar-refractivity contribution in [3.63, 3.8) is 0 Å². The van der Waals surface area contributed by atoms with Crippen molar-refractivity contribution in [2.45, 2.75) is 18.9 Å². The number of carbonyl (C=O) groups excluding carboxylic acids is 1. The van der Waals surface area contributed by atoms with Crippen molar-refractivity contribution < 1.29 is 9.53 Å². The Kier molecular flexibility index (Phi) is 4.47. The molecule has 0 bridgehead atoms. The van der Waals surface area contributed by atoms with Crippen LogP contribution in [0.3, 0.4) is 0 Å². The second kappa shape index (κ2) is 7.23. The number of nitrogens with one attached hydrogen (secondary N) is 2. The van der Waals surface area contributed by atoms with Crippen LogP contribution in [0.15, 0.2) is 67.0 Å². The molecule has 3 aromatic rings. The monoisotopic (exact) mass is 346 g/mol. The zero-order chi connectivity index (χ0) is 17.8. The van der Waals surface area contributed by atoms with E-state index in [0.29, 0.717) is 17.6 Å². The third-order valence-electron chi connectivity index (χ3n) is 3.92. The van der Waals surface area contributed by atoms with E-state index in [4.69, 9.17) is 4.74 Å². The SMILES string of the molecule is O=C(NC1CC1)c1cnc(Nc2ccc(Oc3ccccc3)cc2)nc1. The summed E-state index contributed by atoms with van der Waals surface area (Å²) in [6.45, 7) is 0. The van der Waals surface area contributed by atoms with Crippen molar-refractivity contribution >= 4 is 17.5 Å². The number of para-hydroxylation sites is 1. The fraction of sp³-hybridized carbons (Fsp3) is 0.150. The zero-order valence-electron chi connectivity index (χ0n) is 14.1. The first-order chi connectivity index (χ1) is 12.8. The van der Waals surface area contributed by atoms with Crippen LogP contribution in [0.1, 0.15) is 23.2 Å². The predicted octanol–water partition coefficient (Wildman–Crippen LogP) is 3.90. The minimum Gasteiger partial charge on any atom is -0.457 e. The summed E-state index contributed by atoms with van der Waals surface area (Å²) in [5.41, 5.74) is 1.30. The highest BCUT2D eigenvalue weighted by Gasteiger charge is 2.23. The minimum absolute atomic E-state index is 0.124. The van der Waals surface area contributed by atoms with Crippen molar-refractivity contribution in [1.82, 2.24) is 15.3 Å². The van der Waals surface area contributed by atoms with Gasteiger partial charge in [-0.05, 0) is 49.2 Å². The number of anilines is 2. The summed E-state index contributed by atoms with van der Waals surface area (Å²) in [7, 11) is 0. The van der Waals surface area contributed by atoms with Gasteiger partial charge in [0.1, 0.15) is 11.5 Å². The molecule has 0 saturated heterocycles. The van der Waals surface area contributed by atoms with Crippen molar-refractivity contribution in [3.05, 3.63) is 72.6 Å². The van der Waals surface area contributed by atoms with Crippen LogP contribution < -0.4 is 15.4 Å². The van der Waals surface area contributed by atoms with Gasteiger partial charge >= 0.3 is 0 Å². The topological polar surface area (TPSA) is 76.1 Å². The van der Waals surface area contributed by atoms with Crippen LogP contribution in [-0.2, 0) is 0 Å². The number of nitrogens with zero attached hydrogens (tertiary/aromatic N) is 2. The second-order valence-corrected chi connectivity index (χ2v) is 6.11.